The van der Waals surface area contributed by atoms with Gasteiger partial charge in [-0.1, -0.05) is 12.1 Å². The highest BCUT2D eigenvalue weighted by Crippen LogP contribution is 2.56. The molecule has 34 heavy (non-hydrogen) atoms. The molecule has 1 aliphatic carbocycles. The minimum absolute atomic E-state index is 0.231. The van der Waals surface area contributed by atoms with Crippen LogP contribution in [-0.2, 0) is 0 Å². The number of rotatable bonds is 5. The standard InChI is InChI=1S/C26H20FN5OS/c1-14-31-21-7-5-16(11-23(21)34-14)24-19(13-30-26(32-24)25-28-8-3-9-29-25)18-12-17(18)15-4-6-20(27)22(10-15)33-2/h3-11,13,17-18H,12H2,1-2H3/t17-,18-/m1/s1. The van der Waals surface area contributed by atoms with Crippen molar-refractivity contribution >= 4 is 21.6 Å². The molecule has 168 valence electrons. The van der Waals surface area contributed by atoms with Gasteiger partial charge in [-0.25, -0.2) is 29.3 Å². The molecule has 1 aliphatic rings. The van der Waals surface area contributed by atoms with Crippen LogP contribution in [0.1, 0.15) is 34.4 Å². The molecule has 0 spiro atoms. The van der Waals surface area contributed by atoms with Crippen LogP contribution in [0, 0.1) is 12.7 Å². The third kappa shape index (κ3) is 3.70. The molecule has 3 aromatic heterocycles. The first-order chi connectivity index (χ1) is 16.6. The number of aryl methyl sites for hydroxylation is 1. The van der Waals surface area contributed by atoms with Crippen molar-refractivity contribution < 1.29 is 9.13 Å². The molecule has 0 bridgehead atoms. The summed E-state index contributed by atoms with van der Waals surface area (Å²) >= 11 is 1.67. The molecular weight excluding hydrogens is 449 g/mol. The summed E-state index contributed by atoms with van der Waals surface area (Å²) in [6, 6.07) is 13.1. The summed E-state index contributed by atoms with van der Waals surface area (Å²) in [5.41, 5.74) is 4.97. The maximum Gasteiger partial charge on any atom is 0.198 e. The van der Waals surface area contributed by atoms with E-state index < -0.39 is 0 Å². The van der Waals surface area contributed by atoms with Gasteiger partial charge in [-0.2, -0.15) is 0 Å². The summed E-state index contributed by atoms with van der Waals surface area (Å²) in [4.78, 5) is 22.8. The van der Waals surface area contributed by atoms with Crippen molar-refractivity contribution in [3.05, 3.63) is 83.0 Å². The fourth-order valence-corrected chi connectivity index (χ4v) is 5.28. The van der Waals surface area contributed by atoms with Crippen LogP contribution in [0.5, 0.6) is 5.75 Å². The van der Waals surface area contributed by atoms with Crippen molar-refractivity contribution in [1.29, 1.82) is 0 Å². The maximum absolute atomic E-state index is 13.9. The molecule has 2 atom stereocenters. The lowest BCUT2D eigenvalue weighted by Gasteiger charge is -2.11. The Morgan fingerprint density at radius 1 is 0.971 bits per heavy atom. The molecule has 2 aromatic carbocycles. The Hall–Kier alpha value is -3.78. The van der Waals surface area contributed by atoms with Crippen LogP contribution in [0.2, 0.25) is 0 Å². The summed E-state index contributed by atoms with van der Waals surface area (Å²) in [7, 11) is 1.49. The molecule has 0 amide bonds. The molecule has 6 nitrogen and oxygen atoms in total. The van der Waals surface area contributed by atoms with E-state index in [0.29, 0.717) is 11.6 Å². The van der Waals surface area contributed by atoms with Crippen LogP contribution >= 0.6 is 11.3 Å². The van der Waals surface area contributed by atoms with Crippen molar-refractivity contribution in [1.82, 2.24) is 24.9 Å². The van der Waals surface area contributed by atoms with Crippen LogP contribution in [0.25, 0.3) is 33.1 Å². The van der Waals surface area contributed by atoms with Gasteiger partial charge < -0.3 is 4.74 Å². The van der Waals surface area contributed by atoms with Crippen LogP contribution < -0.4 is 4.74 Å². The number of halogens is 1. The SMILES string of the molecule is COc1cc([C@H]2C[C@H]2c2cnc(-c3ncccn3)nc2-c2ccc3nc(C)sc3c2)ccc1F. The number of fused-ring (bicyclic) bond motifs is 1. The first kappa shape index (κ1) is 20.8. The number of hydrogen-bond donors (Lipinski definition) is 0. The predicted molar refractivity (Wildman–Crippen MR) is 129 cm³/mol. The zero-order valence-electron chi connectivity index (χ0n) is 18.6. The minimum atomic E-state index is -0.354. The third-order valence-corrected chi connectivity index (χ3v) is 7.08. The Kier molecular flexibility index (Phi) is 5.03. The lowest BCUT2D eigenvalue weighted by Crippen LogP contribution is -2.00. The van der Waals surface area contributed by atoms with E-state index in [2.05, 4.69) is 32.1 Å². The molecule has 0 aliphatic heterocycles. The van der Waals surface area contributed by atoms with E-state index >= 15 is 0 Å². The van der Waals surface area contributed by atoms with Crippen molar-refractivity contribution in [2.45, 2.75) is 25.2 Å². The normalized spacial score (nSPS) is 17.1. The molecule has 3 heterocycles. The zero-order valence-corrected chi connectivity index (χ0v) is 19.4. The van der Waals surface area contributed by atoms with E-state index in [4.69, 9.17) is 9.72 Å². The molecule has 0 saturated heterocycles. The third-order valence-electron chi connectivity index (χ3n) is 6.14. The van der Waals surface area contributed by atoms with Crippen LogP contribution in [0.3, 0.4) is 0 Å². The van der Waals surface area contributed by atoms with Crippen molar-refractivity contribution in [2.75, 3.05) is 7.11 Å². The highest BCUT2D eigenvalue weighted by Gasteiger charge is 2.42. The lowest BCUT2D eigenvalue weighted by molar-refractivity contribution is 0.386. The molecule has 0 unspecified atom stereocenters. The Bertz CT molecular complexity index is 1520. The Balaban J connectivity index is 1.44. The molecule has 8 heteroatoms. The topological polar surface area (TPSA) is 73.7 Å². The van der Waals surface area contributed by atoms with Gasteiger partial charge in [-0.15, -0.1) is 11.3 Å². The number of nitrogens with zero attached hydrogens (tertiary/aromatic N) is 5. The van der Waals surface area contributed by atoms with E-state index in [9.17, 15) is 4.39 Å². The summed E-state index contributed by atoms with van der Waals surface area (Å²) in [6.07, 6.45) is 6.20. The lowest BCUT2D eigenvalue weighted by atomic mass is 10.00. The largest absolute Gasteiger partial charge is 0.494 e. The Morgan fingerprint density at radius 3 is 2.65 bits per heavy atom. The van der Waals surface area contributed by atoms with E-state index in [0.717, 1.165) is 44.0 Å². The number of thiazole rings is 1. The molecular formula is C26H20FN5OS. The van der Waals surface area contributed by atoms with E-state index in [1.165, 1.54) is 13.2 Å². The van der Waals surface area contributed by atoms with Gasteiger partial charge in [0.2, 0.25) is 0 Å². The number of hydrogen-bond acceptors (Lipinski definition) is 7. The van der Waals surface area contributed by atoms with Gasteiger partial charge in [0.25, 0.3) is 0 Å². The van der Waals surface area contributed by atoms with E-state index in [-0.39, 0.29) is 23.4 Å². The highest BCUT2D eigenvalue weighted by atomic mass is 32.1. The second kappa shape index (κ2) is 8.22. The predicted octanol–water partition coefficient (Wildman–Crippen LogP) is 5.94. The van der Waals surface area contributed by atoms with Gasteiger partial charge in [-0.3, -0.25) is 0 Å². The Morgan fingerprint density at radius 2 is 1.82 bits per heavy atom. The van der Waals surface area contributed by atoms with E-state index in [1.54, 1.807) is 35.9 Å². The average molecular weight is 470 g/mol. The first-order valence-corrected chi connectivity index (χ1v) is 11.8. The van der Waals surface area contributed by atoms with Gasteiger partial charge in [0.15, 0.2) is 23.2 Å². The van der Waals surface area contributed by atoms with Crippen LogP contribution in [0.4, 0.5) is 4.39 Å². The van der Waals surface area contributed by atoms with Gasteiger partial charge in [-0.05, 0) is 61.1 Å². The summed E-state index contributed by atoms with van der Waals surface area (Å²) in [5, 5.41) is 1.03. The summed E-state index contributed by atoms with van der Waals surface area (Å²) in [6.45, 7) is 2.01. The minimum Gasteiger partial charge on any atom is -0.494 e. The van der Waals surface area contributed by atoms with Crippen molar-refractivity contribution in [2.24, 2.45) is 0 Å². The highest BCUT2D eigenvalue weighted by molar-refractivity contribution is 7.18. The fourth-order valence-electron chi connectivity index (χ4n) is 4.42. The number of ether oxygens (including phenoxy) is 1. The molecule has 0 N–H and O–H groups in total. The van der Waals surface area contributed by atoms with Crippen molar-refractivity contribution in [3.63, 3.8) is 0 Å². The van der Waals surface area contributed by atoms with Gasteiger partial charge in [0, 0.05) is 29.7 Å². The smallest absolute Gasteiger partial charge is 0.198 e. The second-order valence-corrected chi connectivity index (χ2v) is 9.56. The Labute approximate surface area is 199 Å². The monoisotopic (exact) mass is 469 g/mol. The molecule has 0 radical (unpaired) electrons. The maximum atomic E-state index is 13.9. The summed E-state index contributed by atoms with van der Waals surface area (Å²) < 4.78 is 20.2. The van der Waals surface area contributed by atoms with E-state index in [1.807, 2.05) is 25.3 Å². The second-order valence-electron chi connectivity index (χ2n) is 8.33. The first-order valence-electron chi connectivity index (χ1n) is 11.0. The molecule has 5 aromatic rings. The fraction of sp³-hybridized carbons (Fsp3) is 0.192. The quantitative estimate of drug-likeness (QED) is 0.317. The number of aromatic nitrogens is 5. The number of benzene rings is 2. The molecule has 1 fully saturated rings. The summed E-state index contributed by atoms with van der Waals surface area (Å²) in [5.74, 6) is 1.37. The average Bonchev–Trinajstić information content (AvgIpc) is 3.57. The molecule has 6 rings (SSSR count). The van der Waals surface area contributed by atoms with Gasteiger partial charge in [0.1, 0.15) is 0 Å². The van der Waals surface area contributed by atoms with Crippen LogP contribution in [-0.4, -0.2) is 32.0 Å². The van der Waals surface area contributed by atoms with Gasteiger partial charge in [0.05, 0.1) is 28.0 Å². The van der Waals surface area contributed by atoms with Crippen molar-refractivity contribution in [3.8, 4) is 28.7 Å². The van der Waals surface area contributed by atoms with Crippen LogP contribution in [0.15, 0.2) is 61.1 Å². The molecule has 1 saturated carbocycles. The number of methoxy groups -OCH3 is 1. The van der Waals surface area contributed by atoms with Gasteiger partial charge >= 0.3 is 0 Å². The zero-order chi connectivity index (χ0) is 23.2.